The molecule has 1 aliphatic carbocycles. The third kappa shape index (κ3) is 3.70. The van der Waals surface area contributed by atoms with Gasteiger partial charge < -0.3 is 5.11 Å². The highest BCUT2D eigenvalue weighted by Gasteiger charge is 2.32. The van der Waals surface area contributed by atoms with Crippen molar-refractivity contribution < 1.29 is 5.11 Å². The number of hydrogen-bond acceptors (Lipinski definition) is 4. The van der Waals surface area contributed by atoms with Crippen molar-refractivity contribution in [2.24, 2.45) is 13.0 Å². The maximum Gasteiger partial charge on any atom is 0.0858 e. The van der Waals surface area contributed by atoms with Gasteiger partial charge in [0.15, 0.2) is 0 Å². The Morgan fingerprint density at radius 1 is 1.28 bits per heavy atom. The molecule has 2 aromatic rings. The number of hydrogen-bond donors (Lipinski definition) is 1. The maximum atomic E-state index is 9.46. The topological polar surface area (TPSA) is 44.5 Å². The fourth-order valence-corrected chi connectivity index (χ4v) is 4.35. The van der Waals surface area contributed by atoms with Crippen molar-refractivity contribution in [1.82, 2.24) is 19.6 Å². The van der Waals surface area contributed by atoms with Crippen LogP contribution in [0.3, 0.4) is 0 Å². The monoisotopic (exact) mass is 362 g/mol. The lowest BCUT2D eigenvalue weighted by molar-refractivity contribution is 0.0517. The summed E-state index contributed by atoms with van der Waals surface area (Å²) in [6.45, 7) is 5.42. The largest absolute Gasteiger partial charge is 0.396 e. The zero-order valence-electron chi connectivity index (χ0n) is 14.9. The van der Waals surface area contributed by atoms with E-state index in [4.69, 9.17) is 16.7 Å². The number of piperazine rings is 1. The first-order valence-corrected chi connectivity index (χ1v) is 9.71. The van der Waals surface area contributed by atoms with Crippen molar-refractivity contribution in [3.63, 3.8) is 0 Å². The quantitative estimate of drug-likeness (QED) is 0.857. The zero-order valence-corrected chi connectivity index (χ0v) is 15.6. The van der Waals surface area contributed by atoms with Crippen LogP contribution in [0.1, 0.15) is 25.0 Å². The standard InChI is InChI=1S/C19H27ClN4O/c1-22-18-4-2-3-16(20)19(18)17(21-22)13-23-8-9-24(11-14-5-6-14)15(12-23)7-10-25/h2-4,14-15,25H,5-13H2,1H3. The van der Waals surface area contributed by atoms with Gasteiger partial charge in [-0.2, -0.15) is 5.10 Å². The molecule has 0 amide bonds. The van der Waals surface area contributed by atoms with Crippen LogP contribution in [0, 0.1) is 5.92 Å². The lowest BCUT2D eigenvalue weighted by Gasteiger charge is -2.41. The third-order valence-electron chi connectivity index (χ3n) is 5.61. The van der Waals surface area contributed by atoms with Crippen LogP contribution in [-0.2, 0) is 13.6 Å². The van der Waals surface area contributed by atoms with Crippen LogP contribution >= 0.6 is 11.6 Å². The normalized spacial score (nSPS) is 22.8. The summed E-state index contributed by atoms with van der Waals surface area (Å²) in [5.41, 5.74) is 2.14. The molecule has 5 nitrogen and oxygen atoms in total. The van der Waals surface area contributed by atoms with Crippen LogP contribution in [0.25, 0.3) is 10.9 Å². The molecule has 6 heteroatoms. The van der Waals surface area contributed by atoms with E-state index in [9.17, 15) is 5.11 Å². The molecule has 136 valence electrons. The molecule has 1 saturated carbocycles. The van der Waals surface area contributed by atoms with E-state index in [1.165, 1.54) is 19.4 Å². The number of aliphatic hydroxyl groups is 1. The predicted octanol–water partition coefficient (Wildman–Crippen LogP) is 2.51. The molecule has 1 N–H and O–H groups in total. The van der Waals surface area contributed by atoms with Gasteiger partial charge in [0.1, 0.15) is 0 Å². The molecule has 1 saturated heterocycles. The molecule has 0 bridgehead atoms. The molecular formula is C19H27ClN4O. The summed E-state index contributed by atoms with van der Waals surface area (Å²) >= 11 is 6.45. The Balaban J connectivity index is 1.49. The van der Waals surface area contributed by atoms with Crippen LogP contribution in [-0.4, -0.2) is 63.5 Å². The molecule has 1 unspecified atom stereocenters. The van der Waals surface area contributed by atoms with Crippen LogP contribution < -0.4 is 0 Å². The molecule has 0 spiro atoms. The molecule has 1 aromatic heterocycles. The van der Waals surface area contributed by atoms with Gasteiger partial charge in [0.25, 0.3) is 0 Å². The summed E-state index contributed by atoms with van der Waals surface area (Å²) in [5.74, 6) is 0.895. The number of aryl methyl sites for hydroxylation is 1. The molecule has 2 aliphatic rings. The minimum absolute atomic E-state index is 0.262. The first-order chi connectivity index (χ1) is 12.2. The van der Waals surface area contributed by atoms with Gasteiger partial charge in [0, 0.05) is 57.8 Å². The highest BCUT2D eigenvalue weighted by molar-refractivity contribution is 6.35. The first kappa shape index (κ1) is 17.3. The highest BCUT2D eigenvalue weighted by Crippen LogP contribution is 2.32. The molecule has 2 fully saturated rings. The number of aromatic nitrogens is 2. The van der Waals surface area contributed by atoms with Gasteiger partial charge in [0.05, 0.1) is 16.2 Å². The average molecular weight is 363 g/mol. The molecule has 2 heterocycles. The van der Waals surface area contributed by atoms with Crippen LogP contribution in [0.15, 0.2) is 18.2 Å². The molecule has 1 aliphatic heterocycles. The Labute approximate surface area is 154 Å². The predicted molar refractivity (Wildman–Crippen MR) is 101 cm³/mol. The van der Waals surface area contributed by atoms with Crippen molar-refractivity contribution in [2.75, 3.05) is 32.8 Å². The van der Waals surface area contributed by atoms with Crippen molar-refractivity contribution in [3.05, 3.63) is 28.9 Å². The summed E-state index contributed by atoms with van der Waals surface area (Å²) in [4.78, 5) is 5.06. The van der Waals surface area contributed by atoms with Gasteiger partial charge in [-0.25, -0.2) is 0 Å². The average Bonchev–Trinajstić information content (AvgIpc) is 3.35. The van der Waals surface area contributed by atoms with Crippen molar-refractivity contribution >= 4 is 22.5 Å². The SMILES string of the molecule is Cn1nc(CN2CCN(CC3CC3)C(CCO)C2)c2c(Cl)cccc21. The van der Waals surface area contributed by atoms with Crippen LogP contribution in [0.5, 0.6) is 0 Å². The molecule has 0 radical (unpaired) electrons. The van der Waals surface area contributed by atoms with E-state index in [1.54, 1.807) is 0 Å². The zero-order chi connectivity index (χ0) is 17.4. The second kappa shape index (κ2) is 7.23. The number of aliphatic hydroxyl groups excluding tert-OH is 1. The summed E-state index contributed by atoms with van der Waals surface area (Å²) in [5, 5.41) is 16.0. The Bertz CT molecular complexity index is 742. The van der Waals surface area contributed by atoms with Gasteiger partial charge >= 0.3 is 0 Å². The van der Waals surface area contributed by atoms with E-state index >= 15 is 0 Å². The van der Waals surface area contributed by atoms with Crippen molar-refractivity contribution in [2.45, 2.75) is 31.8 Å². The minimum Gasteiger partial charge on any atom is -0.396 e. The Hall–Kier alpha value is -1.14. The molecule has 25 heavy (non-hydrogen) atoms. The van der Waals surface area contributed by atoms with E-state index in [1.807, 2.05) is 23.9 Å². The number of nitrogens with zero attached hydrogens (tertiary/aromatic N) is 4. The Kier molecular flexibility index (Phi) is 5.00. The van der Waals surface area contributed by atoms with Crippen LogP contribution in [0.2, 0.25) is 5.02 Å². The minimum atomic E-state index is 0.262. The van der Waals surface area contributed by atoms with Gasteiger partial charge in [-0.15, -0.1) is 0 Å². The lowest BCUT2D eigenvalue weighted by Crippen LogP contribution is -2.53. The lowest BCUT2D eigenvalue weighted by atomic mass is 10.1. The molecular weight excluding hydrogens is 336 g/mol. The molecule has 4 rings (SSSR count). The smallest absolute Gasteiger partial charge is 0.0858 e. The Morgan fingerprint density at radius 2 is 2.12 bits per heavy atom. The van der Waals surface area contributed by atoms with Crippen molar-refractivity contribution in [1.29, 1.82) is 0 Å². The van der Waals surface area contributed by atoms with Gasteiger partial charge in [-0.3, -0.25) is 14.5 Å². The fourth-order valence-electron chi connectivity index (χ4n) is 4.07. The van der Waals surface area contributed by atoms with Gasteiger partial charge in [0.2, 0.25) is 0 Å². The maximum absolute atomic E-state index is 9.46. The second-order valence-electron chi connectivity index (χ2n) is 7.54. The summed E-state index contributed by atoms with van der Waals surface area (Å²) in [6, 6.07) is 6.44. The van der Waals surface area contributed by atoms with Gasteiger partial charge in [-0.1, -0.05) is 17.7 Å². The summed E-state index contributed by atoms with van der Waals surface area (Å²) in [7, 11) is 1.98. The number of halogens is 1. The van der Waals surface area contributed by atoms with Gasteiger partial charge in [-0.05, 0) is 37.3 Å². The second-order valence-corrected chi connectivity index (χ2v) is 7.95. The highest BCUT2D eigenvalue weighted by atomic mass is 35.5. The molecule has 1 atom stereocenters. The number of rotatable bonds is 6. The number of fused-ring (bicyclic) bond motifs is 1. The van der Waals surface area contributed by atoms with E-state index in [2.05, 4.69) is 15.9 Å². The summed E-state index contributed by atoms with van der Waals surface area (Å²) < 4.78 is 1.92. The van der Waals surface area contributed by atoms with Crippen LogP contribution in [0.4, 0.5) is 0 Å². The van der Waals surface area contributed by atoms with E-state index in [-0.39, 0.29) is 6.61 Å². The Morgan fingerprint density at radius 3 is 2.88 bits per heavy atom. The van der Waals surface area contributed by atoms with E-state index < -0.39 is 0 Å². The van der Waals surface area contributed by atoms with E-state index in [0.29, 0.717) is 6.04 Å². The van der Waals surface area contributed by atoms with Crippen molar-refractivity contribution in [3.8, 4) is 0 Å². The van der Waals surface area contributed by atoms with E-state index in [0.717, 1.165) is 60.1 Å². The third-order valence-corrected chi connectivity index (χ3v) is 5.93. The first-order valence-electron chi connectivity index (χ1n) is 9.33. The summed E-state index contributed by atoms with van der Waals surface area (Å²) in [6.07, 6.45) is 3.61. The number of benzene rings is 1. The molecule has 1 aromatic carbocycles. The fraction of sp³-hybridized carbons (Fsp3) is 0.632.